The van der Waals surface area contributed by atoms with Crippen LogP contribution in [0.15, 0.2) is 12.2 Å². The maximum atomic E-state index is 11.9. The Balaban J connectivity index is 2.53. The van der Waals surface area contributed by atoms with Crippen LogP contribution in [0.3, 0.4) is 0 Å². The van der Waals surface area contributed by atoms with Crippen LogP contribution in [0.4, 0.5) is 4.79 Å². The van der Waals surface area contributed by atoms with Gasteiger partial charge in [-0.05, 0) is 40.5 Å². The van der Waals surface area contributed by atoms with Crippen molar-refractivity contribution in [2.24, 2.45) is 0 Å². The largest absolute Gasteiger partial charge is 0.444 e. The van der Waals surface area contributed by atoms with Gasteiger partial charge in [-0.25, -0.2) is 4.79 Å². The normalized spacial score (nSPS) is 17.2. The van der Waals surface area contributed by atoms with E-state index in [1.165, 1.54) is 0 Å². The summed E-state index contributed by atoms with van der Waals surface area (Å²) < 4.78 is 5.14. The number of carbonyl (C=O) groups is 2. The topological polar surface area (TPSA) is 55.4 Å². The first-order valence-corrected chi connectivity index (χ1v) is 5.83. The Morgan fingerprint density at radius 2 is 1.88 bits per heavy atom. The Kier molecular flexibility index (Phi) is 3.65. The van der Waals surface area contributed by atoms with Gasteiger partial charge in [0.15, 0.2) is 5.78 Å². The standard InChI is InChI=1S/C13H21NO3/c1-9(2)8-10(15)13(6-7-13)14-11(16)17-12(3,4)5/h1,6-8H2,2-5H3,(H,14,16). The summed E-state index contributed by atoms with van der Waals surface area (Å²) in [5, 5.41) is 2.68. The molecule has 1 N–H and O–H groups in total. The second kappa shape index (κ2) is 4.51. The van der Waals surface area contributed by atoms with Gasteiger partial charge in [-0.1, -0.05) is 12.2 Å². The van der Waals surface area contributed by atoms with Crippen LogP contribution < -0.4 is 5.32 Å². The lowest BCUT2D eigenvalue weighted by molar-refractivity contribution is -0.121. The number of rotatable bonds is 4. The van der Waals surface area contributed by atoms with Crippen molar-refractivity contribution in [1.82, 2.24) is 5.32 Å². The summed E-state index contributed by atoms with van der Waals surface area (Å²) in [6.45, 7) is 10.9. The lowest BCUT2D eigenvalue weighted by Gasteiger charge is -2.22. The number of hydrogen-bond acceptors (Lipinski definition) is 3. The first-order valence-electron chi connectivity index (χ1n) is 5.83. The van der Waals surface area contributed by atoms with Crippen LogP contribution in [0.25, 0.3) is 0 Å². The van der Waals surface area contributed by atoms with Crippen LogP contribution >= 0.6 is 0 Å². The van der Waals surface area contributed by atoms with Crippen molar-refractivity contribution in [2.75, 3.05) is 0 Å². The lowest BCUT2D eigenvalue weighted by Crippen LogP contribution is -2.45. The number of Topliss-reactive ketones (excluding diaryl/α,β-unsaturated/α-hetero) is 1. The SMILES string of the molecule is C=C(C)CC(=O)C1(NC(=O)OC(C)(C)C)CC1. The van der Waals surface area contributed by atoms with Crippen LogP contribution in [-0.4, -0.2) is 23.0 Å². The smallest absolute Gasteiger partial charge is 0.408 e. The van der Waals surface area contributed by atoms with Crippen LogP contribution in [0, 0.1) is 0 Å². The predicted molar refractivity (Wildman–Crippen MR) is 65.8 cm³/mol. The van der Waals surface area contributed by atoms with Crippen molar-refractivity contribution < 1.29 is 14.3 Å². The summed E-state index contributed by atoms with van der Waals surface area (Å²) >= 11 is 0. The number of allylic oxidation sites excluding steroid dienone is 1. The van der Waals surface area contributed by atoms with E-state index >= 15 is 0 Å². The van der Waals surface area contributed by atoms with E-state index in [1.54, 1.807) is 27.7 Å². The Hall–Kier alpha value is -1.32. The van der Waals surface area contributed by atoms with E-state index in [-0.39, 0.29) is 5.78 Å². The first-order chi connectivity index (χ1) is 7.65. The van der Waals surface area contributed by atoms with Crippen molar-refractivity contribution in [3.8, 4) is 0 Å². The third-order valence-electron chi connectivity index (χ3n) is 2.49. The molecule has 0 saturated heterocycles. The minimum atomic E-state index is -0.693. The molecule has 0 unspecified atom stereocenters. The third-order valence-corrected chi connectivity index (χ3v) is 2.49. The highest BCUT2D eigenvalue weighted by Crippen LogP contribution is 2.38. The second-order valence-electron chi connectivity index (χ2n) is 5.77. The Bertz CT molecular complexity index is 348. The number of nitrogens with one attached hydrogen (secondary N) is 1. The van der Waals surface area contributed by atoms with E-state index in [4.69, 9.17) is 4.74 Å². The summed E-state index contributed by atoms with van der Waals surface area (Å²) in [6.07, 6.45) is 1.18. The zero-order valence-electron chi connectivity index (χ0n) is 11.1. The predicted octanol–water partition coefficient (Wildman–Crippen LogP) is 2.58. The number of ether oxygens (including phenoxy) is 1. The van der Waals surface area contributed by atoms with Gasteiger partial charge >= 0.3 is 6.09 Å². The molecular weight excluding hydrogens is 218 g/mol. The average molecular weight is 239 g/mol. The molecule has 4 heteroatoms. The molecule has 1 amide bonds. The monoisotopic (exact) mass is 239 g/mol. The summed E-state index contributed by atoms with van der Waals surface area (Å²) in [5.41, 5.74) is -0.425. The Morgan fingerprint density at radius 3 is 2.24 bits per heavy atom. The lowest BCUT2D eigenvalue weighted by atomic mass is 10.0. The molecule has 0 heterocycles. The van der Waals surface area contributed by atoms with Gasteiger partial charge in [-0.3, -0.25) is 4.79 Å². The fourth-order valence-electron chi connectivity index (χ4n) is 1.54. The van der Waals surface area contributed by atoms with Gasteiger partial charge in [0.05, 0.1) is 0 Å². The molecule has 0 radical (unpaired) electrons. The Labute approximate surface area is 102 Å². The average Bonchev–Trinajstić information content (AvgIpc) is 2.80. The van der Waals surface area contributed by atoms with Gasteiger partial charge in [0.1, 0.15) is 11.1 Å². The minimum absolute atomic E-state index is 0.0239. The van der Waals surface area contributed by atoms with Crippen LogP contribution in [0.5, 0.6) is 0 Å². The van der Waals surface area contributed by atoms with Crippen molar-refractivity contribution in [3.63, 3.8) is 0 Å². The van der Waals surface area contributed by atoms with E-state index in [9.17, 15) is 9.59 Å². The Morgan fingerprint density at radius 1 is 1.35 bits per heavy atom. The van der Waals surface area contributed by atoms with E-state index in [0.717, 1.165) is 5.57 Å². The molecule has 0 atom stereocenters. The molecule has 0 spiro atoms. The van der Waals surface area contributed by atoms with Gasteiger partial charge in [-0.15, -0.1) is 0 Å². The maximum Gasteiger partial charge on any atom is 0.408 e. The highest BCUT2D eigenvalue weighted by atomic mass is 16.6. The van der Waals surface area contributed by atoms with E-state index in [1.807, 2.05) is 0 Å². The van der Waals surface area contributed by atoms with E-state index in [0.29, 0.717) is 19.3 Å². The minimum Gasteiger partial charge on any atom is -0.444 e. The zero-order valence-corrected chi connectivity index (χ0v) is 11.1. The highest BCUT2D eigenvalue weighted by molar-refractivity contribution is 5.95. The molecule has 1 saturated carbocycles. The van der Waals surface area contributed by atoms with Crippen molar-refractivity contribution in [1.29, 1.82) is 0 Å². The van der Waals surface area contributed by atoms with Gasteiger partial charge in [-0.2, -0.15) is 0 Å². The first kappa shape index (κ1) is 13.7. The number of alkyl carbamates (subject to hydrolysis) is 1. The second-order valence-corrected chi connectivity index (χ2v) is 5.77. The third kappa shape index (κ3) is 4.21. The molecular formula is C13H21NO3. The maximum absolute atomic E-state index is 11.9. The molecule has 17 heavy (non-hydrogen) atoms. The summed E-state index contributed by atoms with van der Waals surface area (Å²) in [6, 6.07) is 0. The zero-order chi connectivity index (χ0) is 13.3. The van der Waals surface area contributed by atoms with E-state index in [2.05, 4.69) is 11.9 Å². The summed E-state index contributed by atoms with van der Waals surface area (Å²) in [7, 11) is 0. The van der Waals surface area contributed by atoms with Gasteiger partial charge in [0.25, 0.3) is 0 Å². The number of carbonyl (C=O) groups excluding carboxylic acids is 2. The molecule has 1 aliphatic rings. The number of ketones is 1. The molecule has 96 valence electrons. The molecule has 0 aromatic heterocycles. The highest BCUT2D eigenvalue weighted by Gasteiger charge is 2.50. The molecule has 0 bridgehead atoms. The van der Waals surface area contributed by atoms with Crippen LogP contribution in [0.2, 0.25) is 0 Å². The molecule has 1 fully saturated rings. The number of hydrogen-bond donors (Lipinski definition) is 1. The summed E-state index contributed by atoms with van der Waals surface area (Å²) in [5.74, 6) is 0.0239. The van der Waals surface area contributed by atoms with Crippen molar-refractivity contribution >= 4 is 11.9 Å². The van der Waals surface area contributed by atoms with E-state index < -0.39 is 17.2 Å². The molecule has 4 nitrogen and oxygen atoms in total. The molecule has 1 rings (SSSR count). The van der Waals surface area contributed by atoms with Gasteiger partial charge < -0.3 is 10.1 Å². The molecule has 0 aromatic rings. The van der Waals surface area contributed by atoms with Crippen molar-refractivity contribution in [2.45, 2.75) is 58.1 Å². The molecule has 0 aliphatic heterocycles. The van der Waals surface area contributed by atoms with Crippen LogP contribution in [0.1, 0.15) is 47.0 Å². The fraction of sp³-hybridized carbons (Fsp3) is 0.692. The summed E-state index contributed by atoms with van der Waals surface area (Å²) in [4.78, 5) is 23.5. The molecule has 1 aliphatic carbocycles. The quantitative estimate of drug-likeness (QED) is 0.767. The molecule has 0 aromatic carbocycles. The van der Waals surface area contributed by atoms with Gasteiger partial charge in [0, 0.05) is 6.42 Å². The van der Waals surface area contributed by atoms with Crippen molar-refractivity contribution in [3.05, 3.63) is 12.2 Å². The number of amides is 1. The van der Waals surface area contributed by atoms with Gasteiger partial charge in [0.2, 0.25) is 0 Å². The van der Waals surface area contributed by atoms with Crippen LogP contribution in [-0.2, 0) is 9.53 Å². The fourth-order valence-corrected chi connectivity index (χ4v) is 1.54.